The first-order valence-electron chi connectivity index (χ1n) is 6.44. The van der Waals surface area contributed by atoms with Crippen molar-refractivity contribution >= 4 is 5.82 Å². The van der Waals surface area contributed by atoms with E-state index in [9.17, 15) is 5.11 Å². The quantitative estimate of drug-likeness (QED) is 0.892. The molecule has 0 atom stereocenters. The standard InChI is InChI=1S/C15H19N3O/c1-3-13-8-12(11-19)9-15(17-13)18(2)10-14-6-4-5-7-16-14/h4-9,19H,3,10-11H2,1-2H3. The molecule has 0 aliphatic rings. The van der Waals surface area contributed by atoms with Gasteiger partial charge in [-0.05, 0) is 36.2 Å². The van der Waals surface area contributed by atoms with Gasteiger partial charge in [-0.2, -0.15) is 0 Å². The molecule has 2 aromatic rings. The maximum atomic E-state index is 9.29. The Morgan fingerprint density at radius 1 is 1.21 bits per heavy atom. The average Bonchev–Trinajstić information content (AvgIpc) is 2.47. The highest BCUT2D eigenvalue weighted by Crippen LogP contribution is 2.16. The van der Waals surface area contributed by atoms with E-state index in [0.717, 1.165) is 29.2 Å². The monoisotopic (exact) mass is 257 g/mol. The van der Waals surface area contributed by atoms with E-state index in [1.165, 1.54) is 0 Å². The summed E-state index contributed by atoms with van der Waals surface area (Å²) in [4.78, 5) is 10.9. The Hall–Kier alpha value is -1.94. The number of hydrogen-bond acceptors (Lipinski definition) is 4. The first kappa shape index (κ1) is 13.5. The van der Waals surface area contributed by atoms with Crippen LogP contribution in [0.5, 0.6) is 0 Å². The van der Waals surface area contributed by atoms with Crippen LogP contribution in [0.15, 0.2) is 36.5 Å². The largest absolute Gasteiger partial charge is 0.392 e. The van der Waals surface area contributed by atoms with E-state index in [1.807, 2.05) is 42.3 Å². The van der Waals surface area contributed by atoms with Crippen LogP contribution in [0.4, 0.5) is 5.82 Å². The highest BCUT2D eigenvalue weighted by atomic mass is 16.3. The van der Waals surface area contributed by atoms with Crippen molar-refractivity contribution in [2.24, 2.45) is 0 Å². The van der Waals surface area contributed by atoms with E-state index in [1.54, 1.807) is 6.20 Å². The van der Waals surface area contributed by atoms with Crippen molar-refractivity contribution in [2.45, 2.75) is 26.5 Å². The summed E-state index contributed by atoms with van der Waals surface area (Å²) in [5.74, 6) is 0.869. The summed E-state index contributed by atoms with van der Waals surface area (Å²) in [6.07, 6.45) is 2.65. The lowest BCUT2D eigenvalue weighted by Crippen LogP contribution is -2.19. The van der Waals surface area contributed by atoms with Gasteiger partial charge in [0.15, 0.2) is 0 Å². The molecule has 0 radical (unpaired) electrons. The van der Waals surface area contributed by atoms with Crippen molar-refractivity contribution < 1.29 is 5.11 Å². The molecule has 0 aliphatic heterocycles. The summed E-state index contributed by atoms with van der Waals surface area (Å²) in [5.41, 5.74) is 2.89. The molecule has 1 N–H and O–H groups in total. The van der Waals surface area contributed by atoms with Gasteiger partial charge in [-0.15, -0.1) is 0 Å². The van der Waals surface area contributed by atoms with Crippen molar-refractivity contribution in [2.75, 3.05) is 11.9 Å². The molecule has 0 saturated heterocycles. The number of aryl methyl sites for hydroxylation is 1. The lowest BCUT2D eigenvalue weighted by atomic mass is 10.2. The van der Waals surface area contributed by atoms with Gasteiger partial charge in [-0.25, -0.2) is 4.98 Å². The van der Waals surface area contributed by atoms with Crippen LogP contribution in [0.2, 0.25) is 0 Å². The Balaban J connectivity index is 2.20. The molecule has 0 aromatic carbocycles. The zero-order valence-electron chi connectivity index (χ0n) is 11.4. The first-order chi connectivity index (χ1) is 9.22. The normalized spacial score (nSPS) is 10.5. The predicted molar refractivity (Wildman–Crippen MR) is 75.9 cm³/mol. The SMILES string of the molecule is CCc1cc(CO)cc(N(C)Cc2ccccn2)n1. The molecule has 0 spiro atoms. The fourth-order valence-electron chi connectivity index (χ4n) is 1.92. The molecule has 4 nitrogen and oxygen atoms in total. The van der Waals surface area contributed by atoms with E-state index >= 15 is 0 Å². The highest BCUT2D eigenvalue weighted by molar-refractivity contribution is 5.42. The van der Waals surface area contributed by atoms with Crippen LogP contribution < -0.4 is 4.90 Å². The number of nitrogens with zero attached hydrogens (tertiary/aromatic N) is 3. The second kappa shape index (κ2) is 6.29. The van der Waals surface area contributed by atoms with Crippen LogP contribution >= 0.6 is 0 Å². The fourth-order valence-corrected chi connectivity index (χ4v) is 1.92. The molecule has 2 rings (SSSR count). The molecule has 100 valence electrons. The van der Waals surface area contributed by atoms with Gasteiger partial charge in [0.05, 0.1) is 18.8 Å². The second-order valence-electron chi connectivity index (χ2n) is 4.51. The molecule has 2 aromatic heterocycles. The minimum absolute atomic E-state index is 0.0416. The maximum absolute atomic E-state index is 9.29. The van der Waals surface area contributed by atoms with E-state index < -0.39 is 0 Å². The number of pyridine rings is 2. The third kappa shape index (κ3) is 3.51. The summed E-state index contributed by atoms with van der Waals surface area (Å²) >= 11 is 0. The average molecular weight is 257 g/mol. The lowest BCUT2D eigenvalue weighted by Gasteiger charge is -2.19. The molecule has 0 amide bonds. The van der Waals surface area contributed by atoms with Gasteiger partial charge in [0.25, 0.3) is 0 Å². The maximum Gasteiger partial charge on any atom is 0.129 e. The molecular weight excluding hydrogens is 238 g/mol. The number of aliphatic hydroxyl groups is 1. The van der Waals surface area contributed by atoms with Crippen LogP contribution in [-0.2, 0) is 19.6 Å². The topological polar surface area (TPSA) is 49.2 Å². The summed E-state index contributed by atoms with van der Waals surface area (Å²) in [7, 11) is 1.98. The first-order valence-corrected chi connectivity index (χ1v) is 6.44. The zero-order chi connectivity index (χ0) is 13.7. The van der Waals surface area contributed by atoms with Gasteiger partial charge in [-0.1, -0.05) is 13.0 Å². The Bertz CT molecular complexity index is 506. The van der Waals surface area contributed by atoms with Gasteiger partial charge in [0.2, 0.25) is 0 Å². The molecule has 2 heterocycles. The number of aliphatic hydroxyl groups excluding tert-OH is 1. The summed E-state index contributed by atoms with van der Waals surface area (Å²) in [5, 5.41) is 9.29. The van der Waals surface area contributed by atoms with E-state index in [4.69, 9.17) is 0 Å². The summed E-state index contributed by atoms with van der Waals surface area (Å²) in [6, 6.07) is 9.74. The van der Waals surface area contributed by atoms with E-state index in [-0.39, 0.29) is 6.61 Å². The number of hydrogen-bond donors (Lipinski definition) is 1. The molecule has 0 saturated carbocycles. The van der Waals surface area contributed by atoms with Crippen LogP contribution in [0, 0.1) is 0 Å². The Kier molecular flexibility index (Phi) is 4.47. The van der Waals surface area contributed by atoms with Crippen molar-refractivity contribution in [3.63, 3.8) is 0 Å². The minimum Gasteiger partial charge on any atom is -0.392 e. The van der Waals surface area contributed by atoms with E-state index in [2.05, 4.69) is 16.9 Å². The number of rotatable bonds is 5. The Labute approximate surface area is 113 Å². The van der Waals surface area contributed by atoms with Crippen LogP contribution in [0.25, 0.3) is 0 Å². The van der Waals surface area contributed by atoms with Gasteiger partial charge in [0, 0.05) is 18.9 Å². The number of anilines is 1. The summed E-state index contributed by atoms with van der Waals surface area (Å²) < 4.78 is 0. The van der Waals surface area contributed by atoms with Crippen LogP contribution in [0.3, 0.4) is 0 Å². The molecule has 0 unspecified atom stereocenters. The Morgan fingerprint density at radius 2 is 2.05 bits per heavy atom. The highest BCUT2D eigenvalue weighted by Gasteiger charge is 2.07. The smallest absolute Gasteiger partial charge is 0.129 e. The molecule has 0 aliphatic carbocycles. The third-order valence-corrected chi connectivity index (χ3v) is 2.99. The summed E-state index contributed by atoms with van der Waals surface area (Å²) in [6.45, 7) is 2.80. The van der Waals surface area contributed by atoms with Gasteiger partial charge in [-0.3, -0.25) is 4.98 Å². The van der Waals surface area contributed by atoms with Crippen molar-refractivity contribution in [3.8, 4) is 0 Å². The van der Waals surface area contributed by atoms with Crippen molar-refractivity contribution in [3.05, 3.63) is 53.5 Å². The van der Waals surface area contributed by atoms with Crippen LogP contribution in [-0.4, -0.2) is 22.1 Å². The number of aromatic nitrogens is 2. The van der Waals surface area contributed by atoms with Crippen LogP contribution in [0.1, 0.15) is 23.9 Å². The molecule has 19 heavy (non-hydrogen) atoms. The van der Waals surface area contributed by atoms with Crippen molar-refractivity contribution in [1.29, 1.82) is 0 Å². The van der Waals surface area contributed by atoms with Crippen molar-refractivity contribution in [1.82, 2.24) is 9.97 Å². The fraction of sp³-hybridized carbons (Fsp3) is 0.333. The Morgan fingerprint density at radius 3 is 2.68 bits per heavy atom. The second-order valence-corrected chi connectivity index (χ2v) is 4.51. The molecule has 0 fully saturated rings. The third-order valence-electron chi connectivity index (χ3n) is 2.99. The van der Waals surface area contributed by atoms with Gasteiger partial charge >= 0.3 is 0 Å². The van der Waals surface area contributed by atoms with Gasteiger partial charge < -0.3 is 10.0 Å². The zero-order valence-corrected chi connectivity index (χ0v) is 11.4. The lowest BCUT2D eigenvalue weighted by molar-refractivity contribution is 0.281. The molecule has 0 bridgehead atoms. The molecular formula is C15H19N3O. The van der Waals surface area contributed by atoms with Gasteiger partial charge in [0.1, 0.15) is 5.82 Å². The predicted octanol–water partition coefficient (Wildman–Crippen LogP) is 2.17. The van der Waals surface area contributed by atoms with E-state index in [0.29, 0.717) is 6.54 Å². The molecule has 4 heteroatoms. The minimum atomic E-state index is 0.0416.